The summed E-state index contributed by atoms with van der Waals surface area (Å²) in [6.45, 7) is 13.4. The van der Waals surface area contributed by atoms with Crippen LogP contribution >= 0.6 is 0 Å². The van der Waals surface area contributed by atoms with Crippen molar-refractivity contribution in [1.29, 1.82) is 5.26 Å². The number of hydrogen-bond acceptors (Lipinski definition) is 15. The molecule has 6 aromatic rings. The highest BCUT2D eigenvalue weighted by Crippen LogP contribution is 2.43. The van der Waals surface area contributed by atoms with Crippen LogP contribution in [0.2, 0.25) is 0 Å². The zero-order valence-electron chi connectivity index (χ0n) is 57.4. The number of ether oxygens (including phenoxy) is 1. The molecule has 7 N–H and O–H groups in total. The number of rotatable bonds is 21. The Hall–Kier alpha value is -10.0. The van der Waals surface area contributed by atoms with E-state index >= 15 is 0 Å². The summed E-state index contributed by atoms with van der Waals surface area (Å²) in [5.41, 5.74) is 23.0. The van der Waals surface area contributed by atoms with Crippen LogP contribution in [0, 0.1) is 29.1 Å². The van der Waals surface area contributed by atoms with Gasteiger partial charge in [0.25, 0.3) is 23.6 Å². The first-order chi connectivity index (χ1) is 46.9. The zero-order valence-corrected chi connectivity index (χ0v) is 57.4. The fourth-order valence-corrected chi connectivity index (χ4v) is 13.8. The van der Waals surface area contributed by atoms with E-state index in [0.717, 1.165) is 79.2 Å². The van der Waals surface area contributed by atoms with E-state index in [9.17, 15) is 24.0 Å². The van der Waals surface area contributed by atoms with Crippen molar-refractivity contribution in [3.8, 4) is 23.1 Å². The molecular weight excluding hydrogens is 1220 g/mol. The van der Waals surface area contributed by atoms with Gasteiger partial charge in [-0.3, -0.25) is 43.7 Å². The molecule has 0 spiro atoms. The lowest BCUT2D eigenvalue weighted by molar-refractivity contribution is -0.132. The summed E-state index contributed by atoms with van der Waals surface area (Å²) in [6.07, 6.45) is 20.1. The van der Waals surface area contributed by atoms with Crippen molar-refractivity contribution in [3.63, 3.8) is 0 Å². The molecule has 2 aliphatic carbocycles. The minimum Gasteiger partial charge on any atom is -0.481 e. The monoisotopic (exact) mass is 1310 g/mol. The predicted molar refractivity (Wildman–Crippen MR) is 381 cm³/mol. The number of hydrogen-bond donors (Lipinski definition) is 4. The number of guanidine groups is 3. The second-order valence-corrected chi connectivity index (χ2v) is 25.3. The summed E-state index contributed by atoms with van der Waals surface area (Å²) in [5.74, 6) is 1.38. The van der Waals surface area contributed by atoms with Crippen molar-refractivity contribution in [3.05, 3.63) is 198 Å². The van der Waals surface area contributed by atoms with Crippen LogP contribution in [0.5, 0.6) is 5.88 Å². The molecule has 2 saturated carbocycles. The van der Waals surface area contributed by atoms with Gasteiger partial charge in [0.05, 0.1) is 42.9 Å². The molecule has 20 heteroatoms. The number of nitrogens with one attached hydrogen (secondary N) is 1. The van der Waals surface area contributed by atoms with Gasteiger partial charge in [0.1, 0.15) is 5.54 Å². The third-order valence-electron chi connectivity index (χ3n) is 18.8. The van der Waals surface area contributed by atoms with Crippen LogP contribution in [0.25, 0.3) is 11.1 Å². The van der Waals surface area contributed by atoms with Crippen LogP contribution in [0.15, 0.2) is 173 Å². The molecule has 0 bridgehead atoms. The van der Waals surface area contributed by atoms with Crippen molar-refractivity contribution < 1.29 is 28.7 Å². The van der Waals surface area contributed by atoms with E-state index in [2.05, 4.69) is 46.8 Å². The first kappa shape index (κ1) is 72.8. The lowest BCUT2D eigenvalue weighted by atomic mass is 9.74. The smallest absolute Gasteiger partial charge is 0.266 e. The number of nitriles is 1. The molecule has 5 amide bonds. The quantitative estimate of drug-likeness (QED) is 0.0490. The number of nitrogens with zero attached hydrogens (tertiary/aromatic N) is 10. The summed E-state index contributed by atoms with van der Waals surface area (Å²) in [6, 6.07) is 42.9. The first-order valence-corrected chi connectivity index (χ1v) is 34.2. The highest BCUT2D eigenvalue weighted by Gasteiger charge is 2.51. The number of carbonyl (C=O) groups is 5. The number of nitrogens with two attached hydrogens (primary N) is 3. The molecule has 510 valence electrons. The molecule has 11 rings (SSSR count). The van der Waals surface area contributed by atoms with Gasteiger partial charge in [0.2, 0.25) is 11.8 Å². The van der Waals surface area contributed by atoms with Crippen molar-refractivity contribution >= 4 is 47.4 Å². The van der Waals surface area contributed by atoms with Gasteiger partial charge >= 0.3 is 0 Å². The summed E-state index contributed by atoms with van der Waals surface area (Å²) < 4.78 is 5.14. The second-order valence-electron chi connectivity index (χ2n) is 25.3. The Morgan fingerprint density at radius 1 is 0.722 bits per heavy atom. The second kappa shape index (κ2) is 34.6. The fraction of sp³-hybridized carbons (Fsp3) is 0.416. The Balaban J connectivity index is 0.000000185. The Kier molecular flexibility index (Phi) is 26.0. The molecule has 20 nitrogen and oxygen atoms in total. The van der Waals surface area contributed by atoms with Crippen LogP contribution < -0.4 is 27.3 Å². The van der Waals surface area contributed by atoms with Gasteiger partial charge in [-0.25, -0.2) is 20.0 Å². The topological polar surface area (TPSA) is 284 Å². The highest BCUT2D eigenvalue weighted by molar-refractivity contribution is 6.09. The molecule has 97 heavy (non-hydrogen) atoms. The summed E-state index contributed by atoms with van der Waals surface area (Å²) in [7, 11) is 4.91. The Morgan fingerprint density at radius 3 is 1.99 bits per heavy atom. The van der Waals surface area contributed by atoms with Crippen LogP contribution in [0.1, 0.15) is 179 Å². The van der Waals surface area contributed by atoms with Crippen LogP contribution in [-0.2, 0) is 26.5 Å². The van der Waals surface area contributed by atoms with Crippen molar-refractivity contribution in [2.24, 2.45) is 49.9 Å². The summed E-state index contributed by atoms with van der Waals surface area (Å²) >= 11 is 0. The van der Waals surface area contributed by atoms with E-state index in [0.29, 0.717) is 72.0 Å². The molecule has 5 heterocycles. The maximum absolute atomic E-state index is 14.0. The van der Waals surface area contributed by atoms with Gasteiger partial charge in [0.15, 0.2) is 23.4 Å². The normalized spacial score (nSPS) is 20.4. The minimum absolute atomic E-state index is 0.0327. The number of amides is 5. The molecule has 0 unspecified atom stereocenters. The average molecular weight is 1310 g/mol. The van der Waals surface area contributed by atoms with Crippen molar-refractivity contribution in [2.75, 3.05) is 34.3 Å². The van der Waals surface area contributed by atoms with E-state index in [1.165, 1.54) is 53.9 Å². The third kappa shape index (κ3) is 17.5. The lowest BCUT2D eigenvalue weighted by Crippen LogP contribution is -2.47. The number of aliphatic imine (C=N–C) groups is 3. The highest BCUT2D eigenvalue weighted by atomic mass is 16.5. The first-order valence-electron chi connectivity index (χ1n) is 34.2. The standard InChI is InChI=1S/C28H31N5O2.C26H39N5O3.C21H20N4O.C2H6/c1-3-17-32(18-4-2)25(34)21-15-16-30-24(19-21)20-33-26(35)28(31-27(33)29,22-11-7-5-8-12-22)23-13-9-6-10-14-23;1-31-24(33)26(30-25(31)27,13-11-18-7-4-3-5-8-18)17-19-9-6-10-21(15-19)29-23(32)20-12-14-28-22(16-20)34-2;1-3-6-18-19(24-21(23)25(2)20(18)26)17-10-5-9-16(12-17)15-8-4-7-14(11-15)13-22;1-2/h5-16,19H,3-4,17-18,20H2,1-2H3,(H2,29,31);12,14,16,18-19,21H,3-11,13,15,17H2,1-2H3,(H2,27,30)(H,29,32);3-5,7-12,18-19H,1,6H2,2H3,(H2,23,24);1-2H3/t;19-,21+,26+;18-,19-;/m.01./s1. The van der Waals surface area contributed by atoms with E-state index in [1.807, 2.05) is 122 Å². The largest absolute Gasteiger partial charge is 0.481 e. The molecule has 3 aliphatic heterocycles. The summed E-state index contributed by atoms with van der Waals surface area (Å²) in [4.78, 5) is 94.6. The number of allylic oxidation sites excluding steroid dienone is 1. The van der Waals surface area contributed by atoms with Gasteiger partial charge in [0, 0.05) is 62.8 Å². The molecule has 0 saturated heterocycles. The van der Waals surface area contributed by atoms with Crippen LogP contribution in [-0.4, -0.2) is 123 Å². The molecule has 4 aromatic carbocycles. The van der Waals surface area contributed by atoms with E-state index < -0.39 is 11.1 Å². The van der Waals surface area contributed by atoms with E-state index in [-0.39, 0.29) is 66.0 Å². The van der Waals surface area contributed by atoms with E-state index in [1.54, 1.807) is 62.9 Å². The Labute approximate surface area is 572 Å². The number of carbonyl (C=O) groups excluding carboxylic acids is 5. The molecule has 0 radical (unpaired) electrons. The van der Waals surface area contributed by atoms with Gasteiger partial charge in [-0.1, -0.05) is 170 Å². The van der Waals surface area contributed by atoms with Crippen molar-refractivity contribution in [2.45, 2.75) is 154 Å². The summed E-state index contributed by atoms with van der Waals surface area (Å²) in [5, 5.41) is 12.3. The Bertz CT molecular complexity index is 3780. The van der Waals surface area contributed by atoms with Crippen LogP contribution in [0.3, 0.4) is 0 Å². The zero-order chi connectivity index (χ0) is 69.7. The third-order valence-corrected chi connectivity index (χ3v) is 18.8. The number of aromatic nitrogens is 2. The van der Waals surface area contributed by atoms with Gasteiger partial charge in [-0.15, -0.1) is 6.58 Å². The molecular formula is C77H96N14O6. The van der Waals surface area contributed by atoms with Gasteiger partial charge in [-0.05, 0) is 127 Å². The van der Waals surface area contributed by atoms with Crippen molar-refractivity contribution in [1.82, 2.24) is 34.9 Å². The number of likely N-dealkylation sites (N-methyl/N-ethyl adjacent to an activating group) is 1. The minimum atomic E-state index is -1.26. The number of benzene rings is 4. The van der Waals surface area contributed by atoms with E-state index in [4.69, 9.17) is 37.2 Å². The van der Waals surface area contributed by atoms with Crippen LogP contribution in [0.4, 0.5) is 0 Å². The molecule has 5 aliphatic rings. The fourth-order valence-electron chi connectivity index (χ4n) is 13.8. The predicted octanol–water partition coefficient (Wildman–Crippen LogP) is 11.9. The molecule has 5 atom stereocenters. The average Bonchev–Trinajstić information content (AvgIpc) is 1.57. The van der Waals surface area contributed by atoms with Gasteiger partial charge < -0.3 is 32.2 Å². The molecule has 2 fully saturated rings. The molecule has 2 aromatic heterocycles. The lowest BCUT2D eigenvalue weighted by Gasteiger charge is -2.35. The van der Waals surface area contributed by atoms with Gasteiger partial charge in [-0.2, -0.15) is 5.26 Å². The Morgan fingerprint density at radius 2 is 1.36 bits per heavy atom. The maximum atomic E-state index is 14.0. The number of pyridine rings is 2. The SMILES string of the molecule is C=CC[C@H]1C(=O)N(C)C(N)=N[C@@H]1c1cccc(-c2cccc(C#N)c2)c1.CC.CCCN(CCC)C(=O)c1ccnc(CN2C(=O)C(c3ccccc3)(c3ccccc3)N=C2N)c1.COc1cc(C(=O)N[C@@H]2CCC[C@H](C[C@@]3(CCC4CCCCC4)N=C(N)N(C)C3=O)C2)ccn1. The number of methoxy groups -OCH3 is 1. The maximum Gasteiger partial charge on any atom is 0.266 e.